The Kier molecular flexibility index (Phi) is 28.3. The molecule has 1 rings (SSSR count). The summed E-state index contributed by atoms with van der Waals surface area (Å²) in [5.74, 6) is 0. The molecule has 0 saturated carbocycles. The first-order chi connectivity index (χ1) is 19.4. The third-order valence-corrected chi connectivity index (χ3v) is 8.95. The van der Waals surface area contributed by atoms with E-state index in [0.717, 1.165) is 6.67 Å². The van der Waals surface area contributed by atoms with Gasteiger partial charge in [0.1, 0.15) is 0 Å². The van der Waals surface area contributed by atoms with Crippen LogP contribution < -0.4 is 0 Å². The topological polar surface area (TPSA) is 6.48 Å². The average Bonchev–Trinajstić information content (AvgIpc) is 3.40. The van der Waals surface area contributed by atoms with E-state index >= 15 is 0 Å². The standard InChI is InChI=1S/C37H74N2/c1-3-5-7-9-11-13-15-17-18-19-20-22-24-26-28-30-32-34-39-36-35-38(37-39)33-31-29-27-25-23-21-16-14-12-10-8-6-4-2/h35-36H,3-34,37H2,1-2H3. The molecular weight excluding hydrogens is 472 g/mol. The van der Waals surface area contributed by atoms with Crippen molar-refractivity contribution in [2.75, 3.05) is 19.8 Å². The third-order valence-electron chi connectivity index (χ3n) is 8.95. The van der Waals surface area contributed by atoms with Gasteiger partial charge in [-0.1, -0.05) is 194 Å². The summed E-state index contributed by atoms with van der Waals surface area (Å²) in [4.78, 5) is 5.07. The van der Waals surface area contributed by atoms with Crippen molar-refractivity contribution in [3.05, 3.63) is 12.4 Å². The lowest BCUT2D eigenvalue weighted by Crippen LogP contribution is -2.26. The third kappa shape index (κ3) is 26.0. The van der Waals surface area contributed by atoms with Crippen LogP contribution in [-0.4, -0.2) is 29.6 Å². The fraction of sp³-hybridized carbons (Fsp3) is 0.946. The van der Waals surface area contributed by atoms with Gasteiger partial charge in [-0.05, 0) is 12.8 Å². The second kappa shape index (κ2) is 30.3. The van der Waals surface area contributed by atoms with Gasteiger partial charge in [-0.15, -0.1) is 0 Å². The monoisotopic (exact) mass is 547 g/mol. The average molecular weight is 547 g/mol. The van der Waals surface area contributed by atoms with Gasteiger partial charge >= 0.3 is 0 Å². The zero-order valence-corrected chi connectivity index (χ0v) is 27.4. The number of nitrogens with zero attached hydrogens (tertiary/aromatic N) is 2. The van der Waals surface area contributed by atoms with Crippen molar-refractivity contribution in [2.24, 2.45) is 0 Å². The summed E-state index contributed by atoms with van der Waals surface area (Å²) in [6.07, 6.45) is 48.2. The van der Waals surface area contributed by atoms with E-state index in [-0.39, 0.29) is 0 Å². The van der Waals surface area contributed by atoms with Crippen LogP contribution in [0.15, 0.2) is 12.4 Å². The van der Waals surface area contributed by atoms with Gasteiger partial charge in [-0.3, -0.25) is 0 Å². The maximum absolute atomic E-state index is 2.54. The molecule has 1 aliphatic heterocycles. The van der Waals surface area contributed by atoms with Crippen LogP contribution in [0.25, 0.3) is 0 Å². The van der Waals surface area contributed by atoms with E-state index in [0.29, 0.717) is 0 Å². The molecule has 1 heterocycles. The predicted octanol–water partition coefficient (Wildman–Crippen LogP) is 12.8. The number of rotatable bonds is 32. The smallest absolute Gasteiger partial charge is 0.0893 e. The highest BCUT2D eigenvalue weighted by molar-refractivity contribution is 4.90. The Balaban J connectivity index is 1.74. The molecule has 0 amide bonds. The molecule has 0 bridgehead atoms. The molecule has 0 spiro atoms. The lowest BCUT2D eigenvalue weighted by molar-refractivity contribution is 0.257. The molecule has 0 atom stereocenters. The Morgan fingerprint density at radius 2 is 0.513 bits per heavy atom. The Morgan fingerprint density at radius 3 is 0.744 bits per heavy atom. The van der Waals surface area contributed by atoms with Crippen molar-refractivity contribution in [1.82, 2.24) is 9.80 Å². The second-order valence-corrected chi connectivity index (χ2v) is 13.0. The van der Waals surface area contributed by atoms with Crippen molar-refractivity contribution in [3.8, 4) is 0 Å². The van der Waals surface area contributed by atoms with Crippen molar-refractivity contribution in [3.63, 3.8) is 0 Å². The van der Waals surface area contributed by atoms with Crippen LogP contribution >= 0.6 is 0 Å². The molecule has 0 radical (unpaired) electrons. The lowest BCUT2D eigenvalue weighted by atomic mass is 10.0. The minimum Gasteiger partial charge on any atom is -0.359 e. The number of hydrogen-bond donors (Lipinski definition) is 0. The Labute approximate surface area is 248 Å². The minimum atomic E-state index is 1.14. The SMILES string of the molecule is CCCCCCCCCCCCCCCCCCCN1C=CN(CCCCCCCCCCCCCCC)C1. The summed E-state index contributed by atoms with van der Waals surface area (Å²) in [5.41, 5.74) is 0. The molecule has 0 aromatic carbocycles. The van der Waals surface area contributed by atoms with Gasteiger partial charge in [0.2, 0.25) is 0 Å². The molecule has 0 unspecified atom stereocenters. The van der Waals surface area contributed by atoms with E-state index < -0.39 is 0 Å². The summed E-state index contributed by atoms with van der Waals surface area (Å²) in [6, 6.07) is 0. The highest BCUT2D eigenvalue weighted by atomic mass is 15.3. The summed E-state index contributed by atoms with van der Waals surface area (Å²) >= 11 is 0. The molecule has 0 fully saturated rings. The fourth-order valence-corrected chi connectivity index (χ4v) is 6.18. The first kappa shape index (κ1) is 36.4. The van der Waals surface area contributed by atoms with E-state index in [4.69, 9.17) is 0 Å². The lowest BCUT2D eigenvalue weighted by Gasteiger charge is -2.21. The van der Waals surface area contributed by atoms with E-state index in [2.05, 4.69) is 36.0 Å². The molecule has 232 valence electrons. The van der Waals surface area contributed by atoms with Crippen LogP contribution in [0.1, 0.15) is 206 Å². The molecule has 39 heavy (non-hydrogen) atoms. The van der Waals surface area contributed by atoms with Crippen LogP contribution in [0.5, 0.6) is 0 Å². The molecular formula is C37H74N2. The van der Waals surface area contributed by atoms with Gasteiger partial charge < -0.3 is 9.80 Å². The van der Waals surface area contributed by atoms with Crippen molar-refractivity contribution in [1.29, 1.82) is 0 Å². The molecule has 0 saturated heterocycles. The largest absolute Gasteiger partial charge is 0.359 e. The van der Waals surface area contributed by atoms with Crippen LogP contribution in [0.2, 0.25) is 0 Å². The van der Waals surface area contributed by atoms with Gasteiger partial charge in [-0.2, -0.15) is 0 Å². The summed E-state index contributed by atoms with van der Waals surface area (Å²) in [7, 11) is 0. The second-order valence-electron chi connectivity index (χ2n) is 13.0. The first-order valence-corrected chi connectivity index (χ1v) is 18.5. The Bertz CT molecular complexity index is 488. The Morgan fingerprint density at radius 1 is 0.308 bits per heavy atom. The van der Waals surface area contributed by atoms with Crippen LogP contribution in [0, 0.1) is 0 Å². The molecule has 2 heteroatoms. The van der Waals surface area contributed by atoms with Gasteiger partial charge in [0.05, 0.1) is 6.67 Å². The number of hydrogen-bond acceptors (Lipinski definition) is 2. The quantitative estimate of drug-likeness (QED) is 0.0774. The molecule has 0 aliphatic carbocycles. The van der Waals surface area contributed by atoms with Gasteiger partial charge in [0.15, 0.2) is 0 Å². The molecule has 0 aromatic heterocycles. The van der Waals surface area contributed by atoms with Crippen LogP contribution in [0.4, 0.5) is 0 Å². The molecule has 0 aromatic rings. The van der Waals surface area contributed by atoms with Gasteiger partial charge in [0, 0.05) is 25.5 Å². The normalized spacial score (nSPS) is 13.3. The molecule has 0 N–H and O–H groups in total. The van der Waals surface area contributed by atoms with Crippen molar-refractivity contribution in [2.45, 2.75) is 206 Å². The maximum atomic E-state index is 2.54. The molecule has 2 nitrogen and oxygen atoms in total. The highest BCUT2D eigenvalue weighted by Gasteiger charge is 2.11. The number of unbranched alkanes of at least 4 members (excludes halogenated alkanes) is 28. The van der Waals surface area contributed by atoms with E-state index in [1.165, 1.54) is 206 Å². The predicted molar refractivity (Wildman–Crippen MR) is 177 cm³/mol. The van der Waals surface area contributed by atoms with E-state index in [1.54, 1.807) is 0 Å². The zero-order chi connectivity index (χ0) is 27.9. The minimum absolute atomic E-state index is 1.14. The highest BCUT2D eigenvalue weighted by Crippen LogP contribution is 2.16. The first-order valence-electron chi connectivity index (χ1n) is 18.5. The summed E-state index contributed by atoms with van der Waals surface area (Å²) in [6.45, 7) is 8.26. The van der Waals surface area contributed by atoms with Gasteiger partial charge in [0.25, 0.3) is 0 Å². The van der Waals surface area contributed by atoms with Crippen molar-refractivity contribution < 1.29 is 0 Å². The van der Waals surface area contributed by atoms with Crippen LogP contribution in [0.3, 0.4) is 0 Å². The molecule has 1 aliphatic rings. The maximum Gasteiger partial charge on any atom is 0.0893 e. The van der Waals surface area contributed by atoms with Crippen LogP contribution in [-0.2, 0) is 0 Å². The fourth-order valence-electron chi connectivity index (χ4n) is 6.18. The van der Waals surface area contributed by atoms with E-state index in [1.807, 2.05) is 0 Å². The Hall–Kier alpha value is -0.660. The summed E-state index contributed by atoms with van der Waals surface area (Å²) < 4.78 is 0. The van der Waals surface area contributed by atoms with E-state index in [9.17, 15) is 0 Å². The summed E-state index contributed by atoms with van der Waals surface area (Å²) in [5, 5.41) is 0. The van der Waals surface area contributed by atoms with Crippen molar-refractivity contribution >= 4 is 0 Å². The zero-order valence-electron chi connectivity index (χ0n) is 27.4. The van der Waals surface area contributed by atoms with Gasteiger partial charge in [-0.25, -0.2) is 0 Å².